The van der Waals surface area contributed by atoms with E-state index in [0.29, 0.717) is 0 Å². The van der Waals surface area contributed by atoms with Gasteiger partial charge in [-0.15, -0.1) is 0 Å². The summed E-state index contributed by atoms with van der Waals surface area (Å²) in [5.74, 6) is 0. The van der Waals surface area contributed by atoms with Gasteiger partial charge in [0, 0.05) is 0 Å². The molecule has 2 heteroatoms. The minimum absolute atomic E-state index is 0.948. The molecule has 0 aromatic heterocycles. The van der Waals surface area contributed by atoms with E-state index in [1.54, 1.807) is 0 Å². The molecule has 0 radical (unpaired) electrons. The van der Waals surface area contributed by atoms with Crippen molar-refractivity contribution in [2.24, 2.45) is 9.98 Å². The fourth-order valence-electron chi connectivity index (χ4n) is 5.80. The highest BCUT2D eigenvalue weighted by Gasteiger charge is 2.09. The van der Waals surface area contributed by atoms with Gasteiger partial charge in [-0.25, -0.2) is 4.99 Å². The van der Waals surface area contributed by atoms with Crippen molar-refractivity contribution in [2.45, 2.75) is 169 Å². The Morgan fingerprint density at radius 1 is 0.523 bits per heavy atom. The molecule has 0 N–H and O–H groups in total. The van der Waals surface area contributed by atoms with Crippen molar-refractivity contribution in [3.05, 3.63) is 71.8 Å². The predicted molar refractivity (Wildman–Crippen MR) is 199 cm³/mol. The van der Waals surface area contributed by atoms with Crippen molar-refractivity contribution >= 4 is 22.8 Å². The van der Waals surface area contributed by atoms with Gasteiger partial charge in [0.25, 0.3) is 0 Å². The number of allylic oxidation sites excluding steroid dienone is 2. The maximum absolute atomic E-state index is 5.25. The maximum Gasteiger partial charge on any atom is 0.0848 e. The number of hydrogen-bond acceptors (Lipinski definition) is 2. The van der Waals surface area contributed by atoms with Crippen LogP contribution in [0.15, 0.2) is 70.7 Å². The Hall–Kier alpha value is -2.48. The van der Waals surface area contributed by atoms with E-state index in [9.17, 15) is 0 Å². The Bertz CT molecular complexity index is 1080. The zero-order chi connectivity index (χ0) is 31.5. The largest absolute Gasteiger partial charge is 0.251 e. The van der Waals surface area contributed by atoms with Crippen molar-refractivity contribution in [3.8, 4) is 0 Å². The molecule has 0 heterocycles. The Labute approximate surface area is 273 Å². The summed E-state index contributed by atoms with van der Waals surface area (Å²) in [5, 5.41) is 0. The highest BCUT2D eigenvalue weighted by Crippen LogP contribution is 2.22. The molecule has 0 fully saturated rings. The van der Waals surface area contributed by atoms with Gasteiger partial charge in [-0.3, -0.25) is 4.99 Å². The van der Waals surface area contributed by atoms with Crippen molar-refractivity contribution in [2.75, 3.05) is 0 Å². The lowest BCUT2D eigenvalue weighted by atomic mass is 10.0. The van der Waals surface area contributed by atoms with Gasteiger partial charge in [0.05, 0.1) is 22.8 Å². The summed E-state index contributed by atoms with van der Waals surface area (Å²) in [4.78, 5) is 10.5. The lowest BCUT2D eigenvalue weighted by Crippen LogP contribution is -2.11. The molecule has 2 rings (SSSR count). The number of aryl methyl sites for hydroxylation is 2. The van der Waals surface area contributed by atoms with Crippen LogP contribution in [0.4, 0.5) is 11.4 Å². The van der Waals surface area contributed by atoms with Crippen molar-refractivity contribution in [3.63, 3.8) is 0 Å². The Kier molecular flexibility index (Phi) is 22.1. The predicted octanol–water partition coefficient (Wildman–Crippen LogP) is 14.1. The molecule has 0 bridgehead atoms. The van der Waals surface area contributed by atoms with Gasteiger partial charge in [-0.05, 0) is 86.4 Å². The number of nitrogens with zero attached hydrogens (tertiary/aromatic N) is 2. The molecule has 0 unspecified atom stereocenters. The standard InChI is InChI=1S/C42H66N2/c1-5-9-13-15-17-19-21-23-27-37-29-25-31-39(35-37)43-41(33-11-7-3)42(34-12-8-4)44-40-32-26-30-38(36-40)28-24-22-20-18-16-14-10-6-2/h11,25-26,29-33,35-36H,5-10,12-24,27-28,34H2,1-4H3/b33-11+,43-41?,44-42?. The molecular formula is C42H66N2. The van der Waals surface area contributed by atoms with Crippen LogP contribution in [0, 0.1) is 0 Å². The van der Waals surface area contributed by atoms with E-state index in [1.807, 2.05) is 0 Å². The molecule has 0 saturated heterocycles. The van der Waals surface area contributed by atoms with Gasteiger partial charge in [0.15, 0.2) is 0 Å². The van der Waals surface area contributed by atoms with Crippen molar-refractivity contribution in [1.29, 1.82) is 0 Å². The SMILES string of the molecule is CC/C=C/C(=Nc1cccc(CCCCCCCCCC)c1)C(CCCC)=Nc1cccc(CCCCCCCCCC)c1. The molecule has 0 aliphatic heterocycles. The van der Waals surface area contributed by atoms with Gasteiger partial charge >= 0.3 is 0 Å². The third-order valence-corrected chi connectivity index (χ3v) is 8.55. The molecule has 0 amide bonds. The van der Waals surface area contributed by atoms with E-state index in [-0.39, 0.29) is 0 Å². The number of unbranched alkanes of at least 4 members (excludes halogenated alkanes) is 15. The molecule has 2 aromatic carbocycles. The summed E-state index contributed by atoms with van der Waals surface area (Å²) in [5.41, 5.74) is 7.03. The van der Waals surface area contributed by atoms with Gasteiger partial charge in [0.2, 0.25) is 0 Å². The van der Waals surface area contributed by atoms with Gasteiger partial charge in [-0.1, -0.05) is 154 Å². The summed E-state index contributed by atoms with van der Waals surface area (Å²) in [7, 11) is 0. The van der Waals surface area contributed by atoms with Gasteiger partial charge in [0.1, 0.15) is 0 Å². The molecule has 44 heavy (non-hydrogen) atoms. The van der Waals surface area contributed by atoms with Crippen LogP contribution in [0.2, 0.25) is 0 Å². The summed E-state index contributed by atoms with van der Waals surface area (Å²) in [6.07, 6.45) is 32.7. The Morgan fingerprint density at radius 2 is 0.977 bits per heavy atom. The molecule has 0 saturated carbocycles. The van der Waals surface area contributed by atoms with Crippen molar-refractivity contribution in [1.82, 2.24) is 0 Å². The molecule has 0 atom stereocenters. The first-order valence-corrected chi connectivity index (χ1v) is 18.7. The number of benzene rings is 2. The van der Waals surface area contributed by atoms with Crippen LogP contribution in [0.25, 0.3) is 0 Å². The van der Waals surface area contributed by atoms with E-state index in [1.165, 1.54) is 114 Å². The first-order valence-electron chi connectivity index (χ1n) is 18.7. The van der Waals surface area contributed by atoms with E-state index in [0.717, 1.165) is 61.3 Å². The van der Waals surface area contributed by atoms with E-state index in [2.05, 4.69) is 88.4 Å². The summed E-state index contributed by atoms with van der Waals surface area (Å²) in [6, 6.07) is 17.8. The average molecular weight is 599 g/mol. The zero-order valence-corrected chi connectivity index (χ0v) is 29.2. The molecule has 0 aliphatic rings. The smallest absolute Gasteiger partial charge is 0.0848 e. The summed E-state index contributed by atoms with van der Waals surface area (Å²) in [6.45, 7) is 9.03. The highest BCUT2D eigenvalue weighted by atomic mass is 14.8. The van der Waals surface area contributed by atoms with Crippen LogP contribution in [0.5, 0.6) is 0 Å². The lowest BCUT2D eigenvalue weighted by molar-refractivity contribution is 0.575. The third-order valence-electron chi connectivity index (χ3n) is 8.55. The lowest BCUT2D eigenvalue weighted by Gasteiger charge is -2.10. The van der Waals surface area contributed by atoms with Gasteiger partial charge in [-0.2, -0.15) is 0 Å². The van der Waals surface area contributed by atoms with Crippen LogP contribution >= 0.6 is 0 Å². The third kappa shape index (κ3) is 17.7. The molecule has 244 valence electrons. The molecule has 0 spiro atoms. The van der Waals surface area contributed by atoms with E-state index in [4.69, 9.17) is 9.98 Å². The highest BCUT2D eigenvalue weighted by molar-refractivity contribution is 6.47. The second kappa shape index (κ2) is 25.8. The minimum atomic E-state index is 0.948. The first-order chi connectivity index (χ1) is 21.7. The monoisotopic (exact) mass is 599 g/mol. The fraction of sp³-hybridized carbons (Fsp3) is 0.619. The Balaban J connectivity index is 2.09. The summed E-state index contributed by atoms with van der Waals surface area (Å²) >= 11 is 0. The first kappa shape index (κ1) is 37.7. The molecule has 2 nitrogen and oxygen atoms in total. The van der Waals surface area contributed by atoms with Gasteiger partial charge < -0.3 is 0 Å². The van der Waals surface area contributed by atoms with Crippen LogP contribution in [-0.4, -0.2) is 11.4 Å². The van der Waals surface area contributed by atoms with Crippen molar-refractivity contribution < 1.29 is 0 Å². The number of hydrogen-bond donors (Lipinski definition) is 0. The second-order valence-electron chi connectivity index (χ2n) is 12.8. The zero-order valence-electron chi connectivity index (χ0n) is 29.2. The maximum atomic E-state index is 5.25. The topological polar surface area (TPSA) is 24.7 Å². The van der Waals surface area contributed by atoms with Crippen LogP contribution < -0.4 is 0 Å². The molecule has 2 aromatic rings. The molecule has 0 aliphatic carbocycles. The van der Waals surface area contributed by atoms with Crippen LogP contribution in [0.1, 0.15) is 167 Å². The van der Waals surface area contributed by atoms with Crippen LogP contribution in [-0.2, 0) is 12.8 Å². The normalized spacial score (nSPS) is 12.5. The van der Waals surface area contributed by atoms with E-state index < -0.39 is 0 Å². The summed E-state index contributed by atoms with van der Waals surface area (Å²) < 4.78 is 0. The fourth-order valence-corrected chi connectivity index (χ4v) is 5.80. The van der Waals surface area contributed by atoms with Crippen LogP contribution in [0.3, 0.4) is 0 Å². The Morgan fingerprint density at radius 3 is 1.45 bits per heavy atom. The minimum Gasteiger partial charge on any atom is -0.251 e. The second-order valence-corrected chi connectivity index (χ2v) is 12.8. The quantitative estimate of drug-likeness (QED) is 0.0760. The average Bonchev–Trinajstić information content (AvgIpc) is 3.04. The molecular weight excluding hydrogens is 532 g/mol. The number of aliphatic imine (C=N–C) groups is 2. The van der Waals surface area contributed by atoms with E-state index >= 15 is 0 Å². The number of rotatable bonds is 26.